The average molecular weight is 971 g/mol. The summed E-state index contributed by atoms with van der Waals surface area (Å²) in [5.74, 6) is 2.76. The zero-order valence-electron chi connectivity index (χ0n) is 42.9. The number of hydrogen-bond donors (Lipinski definition) is 0. The zero-order chi connectivity index (χ0) is 48.6. The van der Waals surface area contributed by atoms with Crippen molar-refractivity contribution in [1.82, 2.24) is 0 Å². The summed E-state index contributed by atoms with van der Waals surface area (Å²) in [5, 5.41) is 5.01. The molecule has 0 fully saturated rings. The molecule has 0 aromatic heterocycles. The second kappa shape index (κ2) is 14.3. The number of benzene rings is 9. The molecule has 4 heteroatoms. The summed E-state index contributed by atoms with van der Waals surface area (Å²) < 4.78 is 4.61. The van der Waals surface area contributed by atoms with E-state index in [-0.39, 0.29) is 21.7 Å². The standard InChI is InChI=1S/C66H63GeN3/c1-63(2,3)44-33-54-60-55(34-44)69(48-28-26-41-20-14-16-22-43(41)32-48)57-36-46(65(7,8)9)38-59-62(57)67(60,12)61-56(68(54)47-27-25-40-19-13-15-21-42(40)31-47)35-45(64(4,5)6)37-58(61)70(59)49-29-30-51-50-23-17-18-24-52(50)66(10,11)53(51)39-49/h13-39H,1-12H3. The molecule has 3 nitrogen and oxygen atoms in total. The molecule has 3 heterocycles. The Bertz CT molecular complexity index is 3560. The molecule has 0 unspecified atom stereocenters. The molecule has 4 aliphatic rings. The molecule has 0 N–H and O–H groups in total. The molecule has 0 atom stereocenters. The topological polar surface area (TPSA) is 9.72 Å². The normalized spacial score (nSPS) is 15.9. The maximum absolute atomic E-state index is 3.74. The van der Waals surface area contributed by atoms with E-state index in [1.807, 2.05) is 0 Å². The first-order chi connectivity index (χ1) is 33.2. The van der Waals surface area contributed by atoms with E-state index in [0.717, 1.165) is 0 Å². The minimum absolute atomic E-state index is 0.120. The van der Waals surface area contributed by atoms with E-state index in [2.05, 4.69) is 260 Å². The van der Waals surface area contributed by atoms with Crippen molar-refractivity contribution < 1.29 is 0 Å². The van der Waals surface area contributed by atoms with E-state index in [9.17, 15) is 0 Å². The molecule has 0 radical (unpaired) electrons. The molecule has 13 rings (SSSR count). The van der Waals surface area contributed by atoms with Gasteiger partial charge in [-0.15, -0.1) is 0 Å². The van der Waals surface area contributed by atoms with Crippen molar-refractivity contribution in [2.45, 2.75) is 104 Å². The van der Waals surface area contributed by atoms with Crippen LogP contribution >= 0.6 is 0 Å². The molecule has 0 bridgehead atoms. The van der Waals surface area contributed by atoms with Gasteiger partial charge in [0.2, 0.25) is 0 Å². The van der Waals surface area contributed by atoms with Gasteiger partial charge in [-0.2, -0.15) is 0 Å². The van der Waals surface area contributed by atoms with E-state index < -0.39 is 13.3 Å². The third-order valence-electron chi connectivity index (χ3n) is 16.6. The second-order valence-electron chi connectivity index (χ2n) is 24.5. The summed E-state index contributed by atoms with van der Waals surface area (Å²) >= 11 is -3.74. The summed E-state index contributed by atoms with van der Waals surface area (Å²) in [5.41, 5.74) is 20.6. The second-order valence-corrected chi connectivity index (χ2v) is 32.4. The molecule has 0 amide bonds. The molecule has 3 aliphatic heterocycles. The van der Waals surface area contributed by atoms with Gasteiger partial charge < -0.3 is 0 Å². The average Bonchev–Trinajstić information content (AvgIpc) is 3.55. The van der Waals surface area contributed by atoms with E-state index in [4.69, 9.17) is 0 Å². The minimum atomic E-state index is -3.74. The van der Waals surface area contributed by atoms with Crippen molar-refractivity contribution in [3.05, 3.63) is 192 Å². The Morgan fingerprint density at radius 2 is 0.671 bits per heavy atom. The number of rotatable bonds is 3. The molecule has 0 saturated carbocycles. The third kappa shape index (κ3) is 6.00. The van der Waals surface area contributed by atoms with Gasteiger partial charge in [0.1, 0.15) is 0 Å². The van der Waals surface area contributed by atoms with Crippen LogP contribution in [0.2, 0.25) is 5.76 Å². The van der Waals surface area contributed by atoms with Gasteiger partial charge in [0.15, 0.2) is 0 Å². The maximum atomic E-state index is 2.76. The van der Waals surface area contributed by atoms with Crippen LogP contribution in [0.1, 0.15) is 104 Å². The van der Waals surface area contributed by atoms with Crippen LogP contribution in [0.25, 0.3) is 32.7 Å². The molecule has 1 aliphatic carbocycles. The third-order valence-corrected chi connectivity index (χ3v) is 26.2. The van der Waals surface area contributed by atoms with Crippen molar-refractivity contribution in [2.75, 3.05) is 14.7 Å². The monoisotopic (exact) mass is 971 g/mol. The number of anilines is 9. The number of nitrogens with zero attached hydrogens (tertiary/aromatic N) is 3. The van der Waals surface area contributed by atoms with Crippen molar-refractivity contribution in [3.8, 4) is 11.1 Å². The summed E-state index contributed by atoms with van der Waals surface area (Å²) in [4.78, 5) is 8.12. The SMILES string of the molecule is CC(C)(C)c1cc2[c]3c(c1)N(c1ccc4ccccc4c1)c1cc(C(C)(C)C)cc4[c]1[Ge]3([CH3])[c]1c(cc(C(C)(C)C)cc1N4c1ccc3ccccc3c1)N2c1ccc2c(c1)C(C)(C)c1ccccc1-2. The first kappa shape index (κ1) is 43.5. The van der Waals surface area contributed by atoms with Gasteiger partial charge in [0.25, 0.3) is 0 Å². The van der Waals surface area contributed by atoms with Crippen LogP contribution in [-0.4, -0.2) is 13.3 Å². The van der Waals surface area contributed by atoms with Crippen molar-refractivity contribution in [2.24, 2.45) is 0 Å². The first-order valence-electron chi connectivity index (χ1n) is 25.4. The van der Waals surface area contributed by atoms with E-state index >= 15 is 0 Å². The Morgan fingerprint density at radius 1 is 0.343 bits per heavy atom. The fourth-order valence-corrected chi connectivity index (χ4v) is 23.1. The molecule has 9 aromatic rings. The summed E-state index contributed by atoms with van der Waals surface area (Å²) in [7, 11) is 0. The zero-order valence-corrected chi connectivity index (χ0v) is 45.0. The van der Waals surface area contributed by atoms with Crippen LogP contribution in [0.5, 0.6) is 0 Å². The van der Waals surface area contributed by atoms with Gasteiger partial charge in [-0.05, 0) is 0 Å². The van der Waals surface area contributed by atoms with E-state index in [0.29, 0.717) is 0 Å². The number of fused-ring (bicyclic) bond motifs is 5. The molecular formula is C66H63GeN3. The van der Waals surface area contributed by atoms with Gasteiger partial charge in [0.05, 0.1) is 0 Å². The Kier molecular flexibility index (Phi) is 8.87. The molecule has 346 valence electrons. The fraction of sp³-hybridized carbons (Fsp3) is 0.242. The van der Waals surface area contributed by atoms with Crippen molar-refractivity contribution >= 4 is 99.2 Å². The van der Waals surface area contributed by atoms with Gasteiger partial charge in [-0.3, -0.25) is 0 Å². The van der Waals surface area contributed by atoms with Crippen LogP contribution in [0.3, 0.4) is 0 Å². The van der Waals surface area contributed by atoms with Gasteiger partial charge >= 0.3 is 420 Å². The van der Waals surface area contributed by atoms with Crippen LogP contribution in [0.4, 0.5) is 51.2 Å². The Labute approximate surface area is 417 Å². The van der Waals surface area contributed by atoms with Crippen LogP contribution in [-0.2, 0) is 21.7 Å². The van der Waals surface area contributed by atoms with Crippen LogP contribution in [0, 0.1) is 0 Å². The van der Waals surface area contributed by atoms with Crippen LogP contribution in [0.15, 0.2) is 164 Å². The predicted molar refractivity (Wildman–Crippen MR) is 303 cm³/mol. The molecule has 0 saturated heterocycles. The molecular weight excluding hydrogens is 907 g/mol. The van der Waals surface area contributed by atoms with Gasteiger partial charge in [0, 0.05) is 0 Å². The fourth-order valence-electron chi connectivity index (χ4n) is 12.8. The first-order valence-corrected chi connectivity index (χ1v) is 30.7. The van der Waals surface area contributed by atoms with Crippen molar-refractivity contribution in [1.29, 1.82) is 0 Å². The Hall–Kier alpha value is -6.56. The predicted octanol–water partition coefficient (Wildman–Crippen LogP) is 16.6. The van der Waals surface area contributed by atoms with Gasteiger partial charge in [-0.25, -0.2) is 0 Å². The summed E-state index contributed by atoms with van der Waals surface area (Å²) in [6, 6.07) is 64.1. The quantitative estimate of drug-likeness (QED) is 0.163. The van der Waals surface area contributed by atoms with Crippen LogP contribution < -0.4 is 27.9 Å². The summed E-state index contributed by atoms with van der Waals surface area (Å²) in [6.45, 7) is 26.4. The Balaban J connectivity index is 1.22. The van der Waals surface area contributed by atoms with E-state index in [1.54, 1.807) is 0 Å². The van der Waals surface area contributed by atoms with E-state index in [1.165, 1.54) is 125 Å². The molecule has 70 heavy (non-hydrogen) atoms. The Morgan fingerprint density at radius 3 is 1.07 bits per heavy atom. The summed E-state index contributed by atoms with van der Waals surface area (Å²) in [6.07, 6.45) is 0. The molecule has 9 aromatic carbocycles. The van der Waals surface area contributed by atoms with Gasteiger partial charge in [-0.1, -0.05) is 0 Å². The molecule has 0 spiro atoms. The number of hydrogen-bond acceptors (Lipinski definition) is 3. The van der Waals surface area contributed by atoms with Crippen molar-refractivity contribution in [3.63, 3.8) is 0 Å².